The highest BCUT2D eigenvalue weighted by Gasteiger charge is 2.37. The molecule has 1 aliphatic rings. The zero-order valence-electron chi connectivity index (χ0n) is 13.0. The number of hydrogen-bond acceptors (Lipinski definition) is 4. The SMILES string of the molecule is CS(=O)(=O)c1ccccc1CC(=O)NC1(CC(=O)O)CCCC1. The zero-order valence-corrected chi connectivity index (χ0v) is 13.9. The van der Waals surface area contributed by atoms with Gasteiger partial charge in [-0.05, 0) is 24.5 Å². The minimum Gasteiger partial charge on any atom is -0.481 e. The van der Waals surface area contributed by atoms with E-state index in [4.69, 9.17) is 5.11 Å². The summed E-state index contributed by atoms with van der Waals surface area (Å²) in [7, 11) is -3.41. The number of benzene rings is 1. The Morgan fingerprint density at radius 1 is 1.22 bits per heavy atom. The summed E-state index contributed by atoms with van der Waals surface area (Å²) in [6.45, 7) is 0. The van der Waals surface area contributed by atoms with Crippen molar-refractivity contribution in [1.29, 1.82) is 0 Å². The minimum atomic E-state index is -3.41. The standard InChI is InChI=1S/C16H21NO5S/c1-23(21,22)13-7-3-2-6-12(13)10-14(18)17-16(11-15(19)20)8-4-5-9-16/h2-3,6-7H,4-5,8-11H2,1H3,(H,17,18)(H,19,20). The van der Waals surface area contributed by atoms with Crippen LogP contribution in [0.4, 0.5) is 0 Å². The van der Waals surface area contributed by atoms with Crippen LogP contribution in [0.1, 0.15) is 37.7 Å². The molecule has 1 aromatic carbocycles. The summed E-state index contributed by atoms with van der Waals surface area (Å²) in [5.41, 5.74) is -0.279. The van der Waals surface area contributed by atoms with Gasteiger partial charge in [-0.2, -0.15) is 0 Å². The predicted molar refractivity (Wildman–Crippen MR) is 84.9 cm³/mol. The summed E-state index contributed by atoms with van der Waals surface area (Å²) in [6, 6.07) is 6.37. The van der Waals surface area contributed by atoms with E-state index in [2.05, 4.69) is 5.32 Å². The Hall–Kier alpha value is -1.89. The lowest BCUT2D eigenvalue weighted by Crippen LogP contribution is -2.48. The Morgan fingerprint density at radius 3 is 2.39 bits per heavy atom. The van der Waals surface area contributed by atoms with Gasteiger partial charge in [-0.15, -0.1) is 0 Å². The summed E-state index contributed by atoms with van der Waals surface area (Å²) in [5.74, 6) is -1.28. The highest BCUT2D eigenvalue weighted by molar-refractivity contribution is 7.90. The molecule has 1 saturated carbocycles. The van der Waals surface area contributed by atoms with Crippen LogP contribution in [-0.2, 0) is 25.8 Å². The molecule has 2 rings (SSSR count). The highest BCUT2D eigenvalue weighted by atomic mass is 32.2. The van der Waals surface area contributed by atoms with E-state index in [1.807, 2.05) is 0 Å². The number of carbonyl (C=O) groups excluding carboxylic acids is 1. The van der Waals surface area contributed by atoms with Gasteiger partial charge in [0.2, 0.25) is 5.91 Å². The molecule has 1 fully saturated rings. The molecule has 0 saturated heterocycles. The summed E-state index contributed by atoms with van der Waals surface area (Å²) < 4.78 is 23.6. The molecule has 0 aromatic heterocycles. The average Bonchev–Trinajstić information content (AvgIpc) is 2.85. The molecule has 0 radical (unpaired) electrons. The van der Waals surface area contributed by atoms with Crippen LogP contribution < -0.4 is 5.32 Å². The molecule has 0 aliphatic heterocycles. The zero-order chi connectivity index (χ0) is 17.1. The molecular formula is C16H21NO5S. The first kappa shape index (κ1) is 17.5. The van der Waals surface area contributed by atoms with Crippen LogP contribution in [-0.4, -0.2) is 37.2 Å². The van der Waals surface area contributed by atoms with Crippen LogP contribution in [0, 0.1) is 0 Å². The van der Waals surface area contributed by atoms with Gasteiger partial charge in [0.15, 0.2) is 9.84 Å². The Balaban J connectivity index is 2.15. The van der Waals surface area contributed by atoms with Crippen LogP contribution in [0.15, 0.2) is 29.2 Å². The van der Waals surface area contributed by atoms with Crippen molar-refractivity contribution in [3.8, 4) is 0 Å². The number of nitrogens with one attached hydrogen (secondary N) is 1. The number of rotatable bonds is 6. The van der Waals surface area contributed by atoms with E-state index < -0.39 is 21.3 Å². The quantitative estimate of drug-likeness (QED) is 0.819. The van der Waals surface area contributed by atoms with Crippen molar-refractivity contribution in [2.75, 3.05) is 6.26 Å². The van der Waals surface area contributed by atoms with Gasteiger partial charge in [-0.25, -0.2) is 8.42 Å². The second kappa shape index (κ2) is 6.70. The molecular weight excluding hydrogens is 318 g/mol. The molecule has 2 N–H and O–H groups in total. The first-order valence-corrected chi connectivity index (χ1v) is 9.42. The van der Waals surface area contributed by atoms with E-state index in [1.54, 1.807) is 18.2 Å². The van der Waals surface area contributed by atoms with Gasteiger partial charge < -0.3 is 10.4 Å². The van der Waals surface area contributed by atoms with E-state index in [1.165, 1.54) is 6.07 Å². The van der Waals surface area contributed by atoms with Crippen molar-refractivity contribution in [2.24, 2.45) is 0 Å². The normalized spacial score (nSPS) is 16.9. The maximum absolute atomic E-state index is 12.3. The number of amides is 1. The number of carbonyl (C=O) groups is 2. The lowest BCUT2D eigenvalue weighted by Gasteiger charge is -2.28. The Bertz CT molecular complexity index is 705. The van der Waals surface area contributed by atoms with Gasteiger partial charge in [-0.1, -0.05) is 31.0 Å². The molecule has 0 heterocycles. The van der Waals surface area contributed by atoms with E-state index in [-0.39, 0.29) is 23.6 Å². The third kappa shape index (κ3) is 4.54. The lowest BCUT2D eigenvalue weighted by molar-refractivity contribution is -0.139. The van der Waals surface area contributed by atoms with E-state index in [0.717, 1.165) is 19.1 Å². The molecule has 0 unspecified atom stereocenters. The fraction of sp³-hybridized carbons (Fsp3) is 0.500. The topological polar surface area (TPSA) is 101 Å². The van der Waals surface area contributed by atoms with Gasteiger partial charge in [0, 0.05) is 6.26 Å². The third-order valence-electron chi connectivity index (χ3n) is 4.18. The summed E-state index contributed by atoms with van der Waals surface area (Å²) in [4.78, 5) is 23.5. The van der Waals surface area contributed by atoms with Crippen LogP contribution >= 0.6 is 0 Å². The van der Waals surface area contributed by atoms with Crippen molar-refractivity contribution in [2.45, 2.75) is 49.0 Å². The van der Waals surface area contributed by atoms with Gasteiger partial charge in [0.05, 0.1) is 23.3 Å². The summed E-state index contributed by atoms with van der Waals surface area (Å²) >= 11 is 0. The maximum atomic E-state index is 12.3. The molecule has 6 nitrogen and oxygen atoms in total. The van der Waals surface area contributed by atoms with Crippen molar-refractivity contribution in [3.63, 3.8) is 0 Å². The smallest absolute Gasteiger partial charge is 0.305 e. The van der Waals surface area contributed by atoms with Crippen molar-refractivity contribution < 1.29 is 23.1 Å². The monoisotopic (exact) mass is 339 g/mol. The van der Waals surface area contributed by atoms with Crippen LogP contribution in [0.25, 0.3) is 0 Å². The van der Waals surface area contributed by atoms with E-state index >= 15 is 0 Å². The Morgan fingerprint density at radius 2 is 1.83 bits per heavy atom. The molecule has 0 spiro atoms. The molecule has 1 amide bonds. The van der Waals surface area contributed by atoms with Gasteiger partial charge >= 0.3 is 5.97 Å². The summed E-state index contributed by atoms with van der Waals surface area (Å²) in [6.07, 6.45) is 3.96. The average molecular weight is 339 g/mol. The van der Waals surface area contributed by atoms with Crippen molar-refractivity contribution in [3.05, 3.63) is 29.8 Å². The first-order valence-electron chi connectivity index (χ1n) is 7.53. The molecule has 1 aromatic rings. The second-order valence-corrected chi connectivity index (χ2v) is 8.15. The van der Waals surface area contributed by atoms with Crippen molar-refractivity contribution in [1.82, 2.24) is 5.32 Å². The van der Waals surface area contributed by atoms with Crippen LogP contribution in [0.5, 0.6) is 0 Å². The third-order valence-corrected chi connectivity index (χ3v) is 5.38. The van der Waals surface area contributed by atoms with Crippen LogP contribution in [0.2, 0.25) is 0 Å². The van der Waals surface area contributed by atoms with E-state index in [9.17, 15) is 18.0 Å². The molecule has 23 heavy (non-hydrogen) atoms. The van der Waals surface area contributed by atoms with Gasteiger partial charge in [0.1, 0.15) is 0 Å². The van der Waals surface area contributed by atoms with E-state index in [0.29, 0.717) is 18.4 Å². The predicted octanol–water partition coefficient (Wildman–Crippen LogP) is 1.54. The minimum absolute atomic E-state index is 0.0788. The van der Waals surface area contributed by atoms with Gasteiger partial charge in [0.25, 0.3) is 0 Å². The van der Waals surface area contributed by atoms with Crippen molar-refractivity contribution >= 4 is 21.7 Å². The van der Waals surface area contributed by atoms with Gasteiger partial charge in [-0.3, -0.25) is 9.59 Å². The molecule has 126 valence electrons. The number of hydrogen-bond donors (Lipinski definition) is 2. The lowest BCUT2D eigenvalue weighted by atomic mass is 9.92. The number of carboxylic acid groups (broad SMARTS) is 1. The highest BCUT2D eigenvalue weighted by Crippen LogP contribution is 2.32. The van der Waals surface area contributed by atoms with Crippen LogP contribution in [0.3, 0.4) is 0 Å². The fourth-order valence-electron chi connectivity index (χ4n) is 3.21. The molecule has 7 heteroatoms. The number of sulfone groups is 1. The molecule has 0 bridgehead atoms. The Labute approximate surface area is 135 Å². The number of aliphatic carboxylic acids is 1. The molecule has 1 aliphatic carbocycles. The largest absolute Gasteiger partial charge is 0.481 e. The summed E-state index contributed by atoms with van der Waals surface area (Å²) in [5, 5.41) is 11.9. The number of carboxylic acids is 1. The second-order valence-electron chi connectivity index (χ2n) is 6.16. The molecule has 0 atom stereocenters. The fourth-order valence-corrected chi connectivity index (χ4v) is 4.15. The Kier molecular flexibility index (Phi) is 5.09. The first-order chi connectivity index (χ1) is 10.7. The maximum Gasteiger partial charge on any atom is 0.305 e.